The summed E-state index contributed by atoms with van der Waals surface area (Å²) in [6.45, 7) is 0.923. The highest BCUT2D eigenvalue weighted by Gasteiger charge is 2.45. The van der Waals surface area contributed by atoms with Gasteiger partial charge in [-0.15, -0.1) is 0 Å². The maximum atomic E-state index is 11.0. The molecule has 1 saturated heterocycles. The van der Waals surface area contributed by atoms with Gasteiger partial charge in [-0.3, -0.25) is 9.59 Å². The van der Waals surface area contributed by atoms with Crippen molar-refractivity contribution in [2.75, 3.05) is 6.54 Å². The molecule has 1 aliphatic heterocycles. The highest BCUT2D eigenvalue weighted by atomic mass is 16.4. The number of aliphatic hydroxyl groups is 1. The summed E-state index contributed by atoms with van der Waals surface area (Å²) in [6, 6.07) is -1.52. The van der Waals surface area contributed by atoms with Gasteiger partial charge in [-0.25, -0.2) is 4.79 Å². The average Bonchev–Trinajstić information content (AvgIpc) is 2.28. The number of carbonyl (C=O) groups is 3. The number of nitrogens with zero attached hydrogens (tertiary/aromatic N) is 1. The van der Waals surface area contributed by atoms with Gasteiger partial charge >= 0.3 is 5.97 Å². The van der Waals surface area contributed by atoms with Crippen LogP contribution in [0.25, 0.3) is 0 Å². The average molecular weight is 187 g/mol. The van der Waals surface area contributed by atoms with Gasteiger partial charge in [0.25, 0.3) is 0 Å². The number of carboxylic acids is 1. The number of amides is 1. The second-order valence-corrected chi connectivity index (χ2v) is 2.83. The summed E-state index contributed by atoms with van der Waals surface area (Å²) in [6.07, 6.45) is -1.37. The highest BCUT2D eigenvalue weighted by molar-refractivity contribution is 6.09. The predicted octanol–water partition coefficient (Wildman–Crippen LogP) is -1.77. The minimum Gasteiger partial charge on any atom is -0.479 e. The lowest BCUT2D eigenvalue weighted by Crippen LogP contribution is -2.42. The van der Waals surface area contributed by atoms with Crippen molar-refractivity contribution in [3.63, 3.8) is 0 Å². The number of hydrogen-bond acceptors (Lipinski definition) is 4. The molecule has 0 aliphatic carbocycles. The van der Waals surface area contributed by atoms with Crippen LogP contribution < -0.4 is 0 Å². The van der Waals surface area contributed by atoms with Gasteiger partial charge in [-0.2, -0.15) is 0 Å². The molecule has 2 atom stereocenters. The van der Waals surface area contributed by atoms with Crippen molar-refractivity contribution in [3.05, 3.63) is 0 Å². The molecule has 1 rings (SSSR count). The first-order chi connectivity index (χ1) is 5.95. The maximum absolute atomic E-state index is 11.0. The van der Waals surface area contributed by atoms with Crippen LogP contribution in [0.3, 0.4) is 0 Å². The molecule has 1 heterocycles. The van der Waals surface area contributed by atoms with E-state index in [9.17, 15) is 14.4 Å². The summed E-state index contributed by atoms with van der Waals surface area (Å²) >= 11 is 0. The summed E-state index contributed by atoms with van der Waals surface area (Å²) < 4.78 is 0. The number of carbonyl (C=O) groups excluding carboxylic acids is 2. The molecule has 0 aromatic carbocycles. The molecular formula is C7H9NO5. The van der Waals surface area contributed by atoms with Gasteiger partial charge in [-0.05, 0) is 0 Å². The van der Waals surface area contributed by atoms with Crippen LogP contribution in [0.4, 0.5) is 0 Å². The Balaban J connectivity index is 2.93. The number of likely N-dealkylation sites (tertiary alicyclic amines) is 1. The van der Waals surface area contributed by atoms with Gasteiger partial charge in [-0.1, -0.05) is 0 Å². The zero-order chi connectivity index (χ0) is 10.2. The van der Waals surface area contributed by atoms with Gasteiger partial charge < -0.3 is 15.1 Å². The SMILES string of the molecule is CC(=O)N1CC(O)C(=O)C1C(=O)O. The molecule has 6 nitrogen and oxygen atoms in total. The Morgan fingerprint density at radius 2 is 2.08 bits per heavy atom. The summed E-state index contributed by atoms with van der Waals surface area (Å²) in [4.78, 5) is 33.3. The molecule has 0 aromatic heterocycles. The Morgan fingerprint density at radius 3 is 2.38 bits per heavy atom. The molecule has 6 heteroatoms. The molecule has 72 valence electrons. The smallest absolute Gasteiger partial charge is 0.334 e. The first-order valence-corrected chi connectivity index (χ1v) is 3.67. The van der Waals surface area contributed by atoms with Gasteiger partial charge in [0.2, 0.25) is 5.91 Å². The first-order valence-electron chi connectivity index (χ1n) is 3.67. The number of hydrogen-bond donors (Lipinski definition) is 2. The van der Waals surface area contributed by atoms with Gasteiger partial charge in [0.1, 0.15) is 6.10 Å². The fourth-order valence-electron chi connectivity index (χ4n) is 1.28. The van der Waals surface area contributed by atoms with Crippen molar-refractivity contribution >= 4 is 17.7 Å². The highest BCUT2D eigenvalue weighted by Crippen LogP contribution is 2.14. The minimum absolute atomic E-state index is 0.231. The van der Waals surface area contributed by atoms with Crippen LogP contribution in [0.5, 0.6) is 0 Å². The first kappa shape index (κ1) is 9.66. The van der Waals surface area contributed by atoms with Gasteiger partial charge in [0, 0.05) is 6.92 Å². The zero-order valence-electron chi connectivity index (χ0n) is 6.93. The molecule has 1 aliphatic rings. The Hall–Kier alpha value is -1.43. The normalized spacial score (nSPS) is 27.8. The Labute approximate surface area is 73.8 Å². The number of β-amino-alcohol motifs (C(OH)–C–C–N with tert-alkyl or cyclic N) is 1. The zero-order valence-corrected chi connectivity index (χ0v) is 6.93. The molecule has 2 N–H and O–H groups in total. The largest absolute Gasteiger partial charge is 0.479 e. The summed E-state index contributed by atoms with van der Waals surface area (Å²) in [5.41, 5.74) is 0. The number of Topliss-reactive ketones (excluding diaryl/α,β-unsaturated/α-hetero) is 1. The van der Waals surface area contributed by atoms with E-state index in [-0.39, 0.29) is 6.54 Å². The number of ketones is 1. The molecular weight excluding hydrogens is 178 g/mol. The molecule has 1 fully saturated rings. The minimum atomic E-state index is -1.52. The van der Waals surface area contributed by atoms with Crippen molar-refractivity contribution in [1.29, 1.82) is 0 Å². The quantitative estimate of drug-likeness (QED) is 0.474. The van der Waals surface area contributed by atoms with E-state index in [0.29, 0.717) is 0 Å². The fourth-order valence-corrected chi connectivity index (χ4v) is 1.28. The van der Waals surface area contributed by atoms with Crippen molar-refractivity contribution in [2.24, 2.45) is 0 Å². The van der Waals surface area contributed by atoms with Crippen molar-refractivity contribution in [1.82, 2.24) is 4.90 Å². The van der Waals surface area contributed by atoms with E-state index in [0.717, 1.165) is 11.8 Å². The van der Waals surface area contributed by atoms with Crippen molar-refractivity contribution in [3.8, 4) is 0 Å². The fraction of sp³-hybridized carbons (Fsp3) is 0.571. The van der Waals surface area contributed by atoms with Crippen LogP contribution in [-0.4, -0.2) is 51.5 Å². The number of aliphatic carboxylic acids is 1. The van der Waals surface area contributed by atoms with Crippen molar-refractivity contribution in [2.45, 2.75) is 19.1 Å². The monoisotopic (exact) mass is 187 g/mol. The molecule has 0 radical (unpaired) electrons. The molecule has 1 amide bonds. The summed E-state index contributed by atoms with van der Waals surface area (Å²) in [5.74, 6) is -2.77. The Morgan fingerprint density at radius 1 is 1.54 bits per heavy atom. The lowest BCUT2D eigenvalue weighted by molar-refractivity contribution is -0.150. The van der Waals surface area contributed by atoms with E-state index in [1.165, 1.54) is 0 Å². The second kappa shape index (κ2) is 3.14. The molecule has 0 spiro atoms. The molecule has 13 heavy (non-hydrogen) atoms. The third kappa shape index (κ3) is 1.52. The number of rotatable bonds is 1. The van der Waals surface area contributed by atoms with Crippen LogP contribution in [0, 0.1) is 0 Å². The lowest BCUT2D eigenvalue weighted by atomic mass is 10.2. The maximum Gasteiger partial charge on any atom is 0.334 e. The van der Waals surface area contributed by atoms with Crippen LogP contribution in [0.15, 0.2) is 0 Å². The molecule has 0 bridgehead atoms. The van der Waals surface area contributed by atoms with E-state index in [2.05, 4.69) is 0 Å². The van der Waals surface area contributed by atoms with E-state index >= 15 is 0 Å². The third-order valence-electron chi connectivity index (χ3n) is 1.92. The van der Waals surface area contributed by atoms with E-state index in [1.807, 2.05) is 0 Å². The van der Waals surface area contributed by atoms with Gasteiger partial charge in [0.15, 0.2) is 11.8 Å². The molecule has 0 aromatic rings. The van der Waals surface area contributed by atoms with Crippen LogP contribution in [-0.2, 0) is 14.4 Å². The van der Waals surface area contributed by atoms with Crippen molar-refractivity contribution < 1.29 is 24.6 Å². The summed E-state index contributed by atoms with van der Waals surface area (Å²) in [5, 5.41) is 17.6. The molecule has 0 saturated carbocycles. The van der Waals surface area contributed by atoms with E-state index < -0.39 is 29.8 Å². The van der Waals surface area contributed by atoms with Crippen LogP contribution >= 0.6 is 0 Å². The Bertz CT molecular complexity index is 274. The number of carboxylic acid groups (broad SMARTS) is 1. The number of aliphatic hydroxyl groups excluding tert-OH is 1. The van der Waals surface area contributed by atoms with Gasteiger partial charge in [0.05, 0.1) is 6.54 Å². The van der Waals surface area contributed by atoms with E-state index in [1.54, 1.807) is 0 Å². The van der Waals surface area contributed by atoms with Crippen LogP contribution in [0.1, 0.15) is 6.92 Å². The summed E-state index contributed by atoms with van der Waals surface area (Å²) in [7, 11) is 0. The standard InChI is InChI=1S/C7H9NO5/c1-3(9)8-2-4(10)6(11)5(8)7(12)13/h4-5,10H,2H2,1H3,(H,12,13). The second-order valence-electron chi connectivity index (χ2n) is 2.83. The Kier molecular flexibility index (Phi) is 2.33. The topological polar surface area (TPSA) is 94.9 Å². The lowest BCUT2D eigenvalue weighted by Gasteiger charge is -2.16. The predicted molar refractivity (Wildman–Crippen MR) is 39.8 cm³/mol. The van der Waals surface area contributed by atoms with E-state index in [4.69, 9.17) is 10.2 Å². The molecule has 2 unspecified atom stereocenters. The third-order valence-corrected chi connectivity index (χ3v) is 1.92. The van der Waals surface area contributed by atoms with Crippen LogP contribution in [0.2, 0.25) is 0 Å².